The summed E-state index contributed by atoms with van der Waals surface area (Å²) >= 11 is 0. The van der Waals surface area contributed by atoms with Crippen LogP contribution < -0.4 is 5.32 Å². The van der Waals surface area contributed by atoms with Crippen LogP contribution in [0.25, 0.3) is 0 Å². The number of esters is 1. The van der Waals surface area contributed by atoms with Gasteiger partial charge in [0.2, 0.25) is 5.95 Å². The fraction of sp³-hybridized carbons (Fsp3) is 0.583. The van der Waals surface area contributed by atoms with Gasteiger partial charge in [-0.1, -0.05) is 0 Å². The van der Waals surface area contributed by atoms with Gasteiger partial charge in [-0.15, -0.1) is 0 Å². The molecule has 5 nitrogen and oxygen atoms in total. The minimum Gasteiger partial charge on any atom is -0.455 e. The van der Waals surface area contributed by atoms with Crippen molar-refractivity contribution in [3.8, 4) is 0 Å². The van der Waals surface area contributed by atoms with Crippen molar-refractivity contribution in [1.82, 2.24) is 9.97 Å². The molecular formula is C12H19N3O2. The molecule has 0 saturated heterocycles. The van der Waals surface area contributed by atoms with Gasteiger partial charge in [0.05, 0.1) is 0 Å². The first-order valence-electron chi connectivity index (χ1n) is 5.61. The molecule has 0 unspecified atom stereocenters. The second kappa shape index (κ2) is 5.12. The van der Waals surface area contributed by atoms with E-state index in [1.165, 1.54) is 6.20 Å². The Morgan fingerprint density at radius 3 is 2.59 bits per heavy atom. The first kappa shape index (κ1) is 13.4. The number of nitrogens with zero attached hydrogens (tertiary/aromatic N) is 2. The molecule has 1 aromatic heterocycles. The Balaban J connectivity index is 2.81. The second-order valence-electron chi connectivity index (χ2n) is 5.07. The van der Waals surface area contributed by atoms with Crippen LogP contribution in [0.5, 0.6) is 0 Å². The fourth-order valence-electron chi connectivity index (χ4n) is 1.13. The van der Waals surface area contributed by atoms with Crippen molar-refractivity contribution in [2.45, 2.75) is 46.3 Å². The van der Waals surface area contributed by atoms with Crippen molar-refractivity contribution in [3.63, 3.8) is 0 Å². The van der Waals surface area contributed by atoms with Crippen molar-refractivity contribution < 1.29 is 9.53 Å². The molecule has 5 heteroatoms. The van der Waals surface area contributed by atoms with E-state index in [4.69, 9.17) is 4.74 Å². The summed E-state index contributed by atoms with van der Waals surface area (Å²) in [6.45, 7) is 9.41. The maximum atomic E-state index is 11.8. The summed E-state index contributed by atoms with van der Waals surface area (Å²) in [4.78, 5) is 19.9. The van der Waals surface area contributed by atoms with E-state index in [0.717, 1.165) is 0 Å². The van der Waals surface area contributed by atoms with E-state index in [-0.39, 0.29) is 11.7 Å². The lowest BCUT2D eigenvalue weighted by Crippen LogP contribution is -2.25. The topological polar surface area (TPSA) is 64.1 Å². The van der Waals surface area contributed by atoms with E-state index in [2.05, 4.69) is 15.3 Å². The van der Waals surface area contributed by atoms with Gasteiger partial charge >= 0.3 is 5.97 Å². The molecule has 1 heterocycles. The quantitative estimate of drug-likeness (QED) is 0.817. The molecule has 0 spiro atoms. The highest BCUT2D eigenvalue weighted by atomic mass is 16.6. The van der Waals surface area contributed by atoms with Crippen molar-refractivity contribution in [2.75, 3.05) is 5.32 Å². The number of nitrogens with one attached hydrogen (secondary N) is 1. The lowest BCUT2D eigenvalue weighted by molar-refractivity contribution is 0.00628. The average molecular weight is 237 g/mol. The SMILES string of the molecule is CC(C)Nc1nccc(C(=O)OC(C)(C)C)n1. The Labute approximate surface area is 102 Å². The molecule has 0 atom stereocenters. The molecule has 0 aromatic carbocycles. The molecule has 1 aromatic rings. The predicted molar refractivity (Wildman–Crippen MR) is 66.0 cm³/mol. The Hall–Kier alpha value is -1.65. The normalized spacial score (nSPS) is 11.4. The van der Waals surface area contributed by atoms with Gasteiger partial charge in [-0.05, 0) is 40.7 Å². The monoisotopic (exact) mass is 237 g/mol. The van der Waals surface area contributed by atoms with Crippen LogP contribution in [-0.4, -0.2) is 27.6 Å². The second-order valence-corrected chi connectivity index (χ2v) is 5.07. The zero-order valence-electron chi connectivity index (χ0n) is 10.9. The Bertz CT molecular complexity index is 397. The molecule has 0 bridgehead atoms. The summed E-state index contributed by atoms with van der Waals surface area (Å²) in [5, 5.41) is 3.03. The van der Waals surface area contributed by atoms with E-state index < -0.39 is 11.6 Å². The number of ether oxygens (including phenoxy) is 1. The molecule has 0 saturated carbocycles. The van der Waals surface area contributed by atoms with Gasteiger partial charge in [0, 0.05) is 12.2 Å². The van der Waals surface area contributed by atoms with Crippen LogP contribution in [-0.2, 0) is 4.74 Å². The number of carbonyl (C=O) groups excluding carboxylic acids is 1. The summed E-state index contributed by atoms with van der Waals surface area (Å²) in [7, 11) is 0. The van der Waals surface area contributed by atoms with Crippen LogP contribution in [0.2, 0.25) is 0 Å². The van der Waals surface area contributed by atoms with Gasteiger partial charge in [0.25, 0.3) is 0 Å². The van der Waals surface area contributed by atoms with Crippen molar-refractivity contribution in [3.05, 3.63) is 18.0 Å². The highest BCUT2D eigenvalue weighted by Gasteiger charge is 2.19. The van der Waals surface area contributed by atoms with Gasteiger partial charge < -0.3 is 10.1 Å². The lowest BCUT2D eigenvalue weighted by Gasteiger charge is -2.19. The molecule has 1 rings (SSSR count). The summed E-state index contributed by atoms with van der Waals surface area (Å²) in [6, 6.07) is 1.75. The van der Waals surface area contributed by atoms with Gasteiger partial charge in [-0.3, -0.25) is 0 Å². The highest BCUT2D eigenvalue weighted by molar-refractivity contribution is 5.87. The fourth-order valence-corrected chi connectivity index (χ4v) is 1.13. The molecule has 0 fully saturated rings. The third kappa shape index (κ3) is 4.80. The number of aromatic nitrogens is 2. The smallest absolute Gasteiger partial charge is 0.357 e. The molecule has 0 aliphatic heterocycles. The lowest BCUT2D eigenvalue weighted by atomic mass is 10.2. The Morgan fingerprint density at radius 1 is 1.41 bits per heavy atom. The first-order chi connectivity index (χ1) is 7.78. The van der Waals surface area contributed by atoms with Gasteiger partial charge in [0.15, 0.2) is 5.69 Å². The van der Waals surface area contributed by atoms with Crippen LogP contribution in [0.15, 0.2) is 12.3 Å². The number of anilines is 1. The average Bonchev–Trinajstić information content (AvgIpc) is 2.14. The summed E-state index contributed by atoms with van der Waals surface area (Å²) in [5.74, 6) is -0.00457. The van der Waals surface area contributed by atoms with Crippen LogP contribution >= 0.6 is 0 Å². The van der Waals surface area contributed by atoms with Crippen LogP contribution in [0.4, 0.5) is 5.95 Å². The van der Waals surface area contributed by atoms with Crippen molar-refractivity contribution in [1.29, 1.82) is 0 Å². The predicted octanol–water partition coefficient (Wildman–Crippen LogP) is 2.25. The number of rotatable bonds is 3. The third-order valence-electron chi connectivity index (χ3n) is 1.68. The third-order valence-corrected chi connectivity index (χ3v) is 1.68. The summed E-state index contributed by atoms with van der Waals surface area (Å²) in [5.41, 5.74) is -0.258. The molecule has 0 aliphatic rings. The first-order valence-corrected chi connectivity index (χ1v) is 5.61. The van der Waals surface area contributed by atoms with Crippen molar-refractivity contribution >= 4 is 11.9 Å². The van der Waals surface area contributed by atoms with E-state index in [1.54, 1.807) is 6.07 Å². The number of hydrogen-bond acceptors (Lipinski definition) is 5. The molecular weight excluding hydrogens is 218 g/mol. The molecule has 1 N–H and O–H groups in total. The summed E-state index contributed by atoms with van der Waals surface area (Å²) < 4.78 is 5.23. The maximum Gasteiger partial charge on any atom is 0.357 e. The van der Waals surface area contributed by atoms with Crippen molar-refractivity contribution in [2.24, 2.45) is 0 Å². The van der Waals surface area contributed by atoms with Crippen LogP contribution in [0.1, 0.15) is 45.1 Å². The van der Waals surface area contributed by atoms with Gasteiger partial charge in [-0.2, -0.15) is 0 Å². The zero-order chi connectivity index (χ0) is 13.1. The molecule has 17 heavy (non-hydrogen) atoms. The molecule has 0 radical (unpaired) electrons. The number of hydrogen-bond donors (Lipinski definition) is 1. The van der Waals surface area contributed by atoms with Crippen LogP contribution in [0.3, 0.4) is 0 Å². The minimum absolute atomic E-state index is 0.212. The highest BCUT2D eigenvalue weighted by Crippen LogP contribution is 2.11. The molecule has 0 aliphatic carbocycles. The van der Waals surface area contributed by atoms with Gasteiger partial charge in [0.1, 0.15) is 5.60 Å². The summed E-state index contributed by atoms with van der Waals surface area (Å²) in [6.07, 6.45) is 1.54. The minimum atomic E-state index is -0.520. The standard InChI is InChI=1S/C12H19N3O2/c1-8(2)14-11-13-7-6-9(15-11)10(16)17-12(3,4)5/h6-8H,1-5H3,(H,13,14,15). The van der Waals surface area contributed by atoms with Crippen LogP contribution in [0, 0.1) is 0 Å². The van der Waals surface area contributed by atoms with E-state index in [0.29, 0.717) is 5.95 Å². The zero-order valence-corrected chi connectivity index (χ0v) is 10.9. The largest absolute Gasteiger partial charge is 0.455 e. The van der Waals surface area contributed by atoms with Gasteiger partial charge in [-0.25, -0.2) is 14.8 Å². The van der Waals surface area contributed by atoms with E-state index >= 15 is 0 Å². The molecule has 0 amide bonds. The Kier molecular flexibility index (Phi) is 4.04. The maximum absolute atomic E-state index is 11.8. The number of carbonyl (C=O) groups is 1. The van der Waals surface area contributed by atoms with E-state index in [1.807, 2.05) is 34.6 Å². The molecule has 94 valence electrons. The Morgan fingerprint density at radius 2 is 2.06 bits per heavy atom. The van der Waals surface area contributed by atoms with E-state index in [9.17, 15) is 4.79 Å².